The molecule has 12 heavy (non-hydrogen) atoms. The van der Waals surface area contributed by atoms with Gasteiger partial charge < -0.3 is 4.74 Å². The minimum absolute atomic E-state index is 0.0909. The van der Waals surface area contributed by atoms with E-state index in [0.717, 1.165) is 18.0 Å². The van der Waals surface area contributed by atoms with Gasteiger partial charge in [-0.3, -0.25) is 0 Å². The highest BCUT2D eigenvalue weighted by Crippen LogP contribution is 1.96. The number of hydrogen-bond acceptors (Lipinski definition) is 2. The zero-order valence-electron chi connectivity index (χ0n) is 7.44. The van der Waals surface area contributed by atoms with Crippen LogP contribution in [0.2, 0.25) is 6.04 Å². The third-order valence-corrected chi connectivity index (χ3v) is 3.43. The second-order valence-electron chi connectivity index (χ2n) is 2.67. The van der Waals surface area contributed by atoms with Gasteiger partial charge in [0.1, 0.15) is 0 Å². The second kappa shape index (κ2) is 7.37. The number of ether oxygens (including phenoxy) is 1. The van der Waals surface area contributed by atoms with Crippen molar-refractivity contribution < 1.29 is 9.53 Å². The predicted octanol–water partition coefficient (Wildman–Crippen LogP) is 1.28. The van der Waals surface area contributed by atoms with Crippen molar-refractivity contribution in [1.82, 2.24) is 0 Å². The number of carbonyl (C=O) groups is 1. The van der Waals surface area contributed by atoms with E-state index in [-0.39, 0.29) is 15.5 Å². The lowest BCUT2D eigenvalue weighted by Crippen LogP contribution is -2.06. The molecule has 0 radical (unpaired) electrons. The molecule has 0 N–H and O–H groups in total. The Hall–Kier alpha value is -0.283. The van der Waals surface area contributed by atoms with Gasteiger partial charge in [0.25, 0.3) is 0 Å². The van der Waals surface area contributed by atoms with Crippen molar-refractivity contribution in [1.29, 1.82) is 0 Å². The second-order valence-corrected chi connectivity index (χ2v) is 5.59. The van der Waals surface area contributed by atoms with E-state index in [4.69, 9.17) is 16.3 Å². The van der Waals surface area contributed by atoms with Gasteiger partial charge in [-0.1, -0.05) is 12.6 Å². The number of halogens is 1. The van der Waals surface area contributed by atoms with Crippen molar-refractivity contribution in [3.8, 4) is 0 Å². The molecule has 0 aliphatic carbocycles. The van der Waals surface area contributed by atoms with Crippen molar-refractivity contribution in [3.05, 3.63) is 12.2 Å². The first kappa shape index (κ1) is 11.7. The van der Waals surface area contributed by atoms with Crippen LogP contribution in [0.25, 0.3) is 0 Å². The third-order valence-electron chi connectivity index (χ3n) is 1.36. The molecule has 2 nitrogen and oxygen atoms in total. The fourth-order valence-electron chi connectivity index (χ4n) is 0.661. The Labute approximate surface area is 80.8 Å². The molecule has 0 atom stereocenters. The van der Waals surface area contributed by atoms with E-state index in [1.54, 1.807) is 6.92 Å². The Bertz CT molecular complexity index is 159. The van der Waals surface area contributed by atoms with Gasteiger partial charge in [0.15, 0.2) is 0 Å². The van der Waals surface area contributed by atoms with Crippen molar-refractivity contribution in [3.63, 3.8) is 0 Å². The van der Waals surface area contributed by atoms with Gasteiger partial charge >= 0.3 is 5.97 Å². The number of esters is 1. The summed E-state index contributed by atoms with van der Waals surface area (Å²) in [4.78, 5) is 10.8. The van der Waals surface area contributed by atoms with Gasteiger partial charge in [-0.05, 0) is 13.3 Å². The lowest BCUT2D eigenvalue weighted by molar-refractivity contribution is -0.138. The van der Waals surface area contributed by atoms with E-state index in [2.05, 4.69) is 6.58 Å². The fourth-order valence-corrected chi connectivity index (χ4v) is 1.98. The first-order valence-electron chi connectivity index (χ1n) is 4.07. The molecule has 0 bridgehead atoms. The first-order valence-corrected chi connectivity index (χ1v) is 6.60. The number of hydrogen-bond donors (Lipinski definition) is 0. The molecule has 0 aromatic carbocycles. The summed E-state index contributed by atoms with van der Waals surface area (Å²) in [5.41, 5.74) is 1.28. The zero-order chi connectivity index (χ0) is 9.40. The fraction of sp³-hybridized carbons (Fsp3) is 0.625. The van der Waals surface area contributed by atoms with E-state index in [1.165, 1.54) is 0 Å². The summed E-state index contributed by atoms with van der Waals surface area (Å²) in [6.45, 7) is 5.64. The van der Waals surface area contributed by atoms with Gasteiger partial charge in [-0.15, -0.1) is 11.6 Å². The van der Waals surface area contributed by atoms with Crippen LogP contribution in [0.5, 0.6) is 0 Å². The highest BCUT2D eigenvalue weighted by molar-refractivity contribution is 6.50. The molecule has 0 aliphatic heterocycles. The Morgan fingerprint density at radius 2 is 2.33 bits per heavy atom. The SMILES string of the molecule is C=C(C)C(=O)OCCC[SiH2]CCl. The van der Waals surface area contributed by atoms with E-state index in [9.17, 15) is 4.79 Å². The van der Waals surface area contributed by atoms with E-state index in [1.807, 2.05) is 0 Å². The van der Waals surface area contributed by atoms with Crippen molar-refractivity contribution in [2.24, 2.45) is 0 Å². The summed E-state index contributed by atoms with van der Waals surface area (Å²) in [7, 11) is -0.0909. The van der Waals surface area contributed by atoms with Crippen LogP contribution in [-0.4, -0.2) is 27.6 Å². The minimum atomic E-state index is -0.289. The predicted molar refractivity (Wildman–Crippen MR) is 54.5 cm³/mol. The molecule has 0 aromatic heterocycles. The summed E-state index contributed by atoms with van der Waals surface area (Å²) < 4.78 is 4.89. The van der Waals surface area contributed by atoms with Crippen LogP contribution in [0.1, 0.15) is 13.3 Å². The third kappa shape index (κ3) is 6.43. The average Bonchev–Trinajstić information content (AvgIpc) is 2.03. The Balaban J connectivity index is 3.20. The number of carbonyl (C=O) groups excluding carboxylic acids is 1. The molecule has 0 saturated carbocycles. The standard InChI is InChI=1S/C8H15ClO2Si/c1-7(2)8(10)11-4-3-5-12-6-9/h1,3-6,12H2,2H3. The van der Waals surface area contributed by atoms with Crippen LogP contribution in [0, 0.1) is 0 Å². The molecule has 0 amide bonds. The summed E-state index contributed by atoms with van der Waals surface area (Å²) in [5.74, 6) is -0.289. The topological polar surface area (TPSA) is 26.3 Å². The lowest BCUT2D eigenvalue weighted by Gasteiger charge is -2.02. The maximum absolute atomic E-state index is 10.8. The Morgan fingerprint density at radius 1 is 1.67 bits per heavy atom. The zero-order valence-corrected chi connectivity index (χ0v) is 9.61. The largest absolute Gasteiger partial charge is 0.462 e. The van der Waals surface area contributed by atoms with Crippen molar-refractivity contribution >= 4 is 27.1 Å². The normalized spacial score (nSPS) is 10.5. The first-order chi connectivity index (χ1) is 5.68. The quantitative estimate of drug-likeness (QED) is 0.215. The Kier molecular flexibility index (Phi) is 7.20. The maximum Gasteiger partial charge on any atom is 0.333 e. The van der Waals surface area contributed by atoms with Crippen LogP contribution in [0.3, 0.4) is 0 Å². The molecule has 0 heterocycles. The average molecular weight is 207 g/mol. The van der Waals surface area contributed by atoms with Crippen LogP contribution in [0.4, 0.5) is 0 Å². The lowest BCUT2D eigenvalue weighted by atomic mass is 10.4. The molecule has 70 valence electrons. The molecule has 0 aliphatic rings. The van der Waals surface area contributed by atoms with Gasteiger partial charge in [-0.2, -0.15) is 0 Å². The molecule has 0 spiro atoms. The smallest absolute Gasteiger partial charge is 0.333 e. The van der Waals surface area contributed by atoms with Gasteiger partial charge in [0, 0.05) is 20.6 Å². The molecular weight excluding hydrogens is 192 g/mol. The molecule has 0 rings (SSSR count). The van der Waals surface area contributed by atoms with Gasteiger partial charge in [-0.25, -0.2) is 4.79 Å². The van der Waals surface area contributed by atoms with E-state index >= 15 is 0 Å². The Morgan fingerprint density at radius 3 is 2.83 bits per heavy atom. The summed E-state index contributed by atoms with van der Waals surface area (Å²) >= 11 is 5.53. The van der Waals surface area contributed by atoms with Gasteiger partial charge in [0.2, 0.25) is 0 Å². The summed E-state index contributed by atoms with van der Waals surface area (Å²) in [5, 5.41) is 0. The molecule has 0 unspecified atom stereocenters. The van der Waals surface area contributed by atoms with Gasteiger partial charge in [0.05, 0.1) is 6.61 Å². The van der Waals surface area contributed by atoms with Crippen LogP contribution < -0.4 is 0 Å². The molecule has 0 aromatic rings. The van der Waals surface area contributed by atoms with Crippen LogP contribution in [0.15, 0.2) is 12.2 Å². The molecule has 0 saturated heterocycles. The number of rotatable bonds is 6. The summed E-state index contributed by atoms with van der Waals surface area (Å²) in [6, 6.07) is 1.15. The van der Waals surface area contributed by atoms with Crippen molar-refractivity contribution in [2.45, 2.75) is 19.4 Å². The highest BCUT2D eigenvalue weighted by atomic mass is 35.5. The van der Waals surface area contributed by atoms with E-state index < -0.39 is 0 Å². The summed E-state index contributed by atoms with van der Waals surface area (Å²) in [6.07, 6.45) is 0.942. The highest BCUT2D eigenvalue weighted by Gasteiger charge is 2.01. The molecule has 4 heteroatoms. The molecule has 0 fully saturated rings. The number of alkyl halides is 1. The minimum Gasteiger partial charge on any atom is -0.462 e. The molecular formula is C8H15ClO2Si. The van der Waals surface area contributed by atoms with Crippen molar-refractivity contribution in [2.75, 3.05) is 12.1 Å². The maximum atomic E-state index is 10.8. The van der Waals surface area contributed by atoms with E-state index in [0.29, 0.717) is 12.2 Å². The van der Waals surface area contributed by atoms with Crippen LogP contribution in [-0.2, 0) is 9.53 Å². The van der Waals surface area contributed by atoms with Crippen LogP contribution >= 0.6 is 11.6 Å². The monoisotopic (exact) mass is 206 g/mol.